The van der Waals surface area contributed by atoms with Gasteiger partial charge in [-0.1, -0.05) is 12.7 Å². The summed E-state index contributed by atoms with van der Waals surface area (Å²) in [5, 5.41) is 0. The lowest BCUT2D eigenvalue weighted by atomic mass is 9.86. The zero-order valence-corrected chi connectivity index (χ0v) is 16.8. The van der Waals surface area contributed by atoms with Crippen LogP contribution in [0, 0.1) is 5.92 Å². The first kappa shape index (κ1) is 21.4. The largest absolute Gasteiger partial charge is 0.490 e. The van der Waals surface area contributed by atoms with Crippen LogP contribution in [-0.2, 0) is 14.3 Å². The van der Waals surface area contributed by atoms with Gasteiger partial charge in [-0.25, -0.2) is 0 Å². The maximum Gasteiger partial charge on any atom is 0.291 e. The summed E-state index contributed by atoms with van der Waals surface area (Å²) in [6.45, 7) is 4.72. The highest BCUT2D eigenvalue weighted by molar-refractivity contribution is 6.44. The Balaban J connectivity index is 1.91. The molecule has 156 valence electrons. The number of hydrogen-bond donors (Lipinski definition) is 0. The van der Waals surface area contributed by atoms with Crippen LogP contribution in [0.15, 0.2) is 61.4 Å². The number of ketones is 2. The molecule has 7 heteroatoms. The molecule has 7 nitrogen and oxygen atoms in total. The third-order valence-electron chi connectivity index (χ3n) is 4.99. The van der Waals surface area contributed by atoms with Crippen molar-refractivity contribution in [3.8, 4) is 5.75 Å². The Kier molecular flexibility index (Phi) is 7.08. The zero-order chi connectivity index (χ0) is 21.5. The summed E-state index contributed by atoms with van der Waals surface area (Å²) >= 11 is 0. The van der Waals surface area contributed by atoms with E-state index >= 15 is 0 Å². The summed E-state index contributed by atoms with van der Waals surface area (Å²) in [6.07, 6.45) is 5.36. The van der Waals surface area contributed by atoms with Gasteiger partial charge in [0.15, 0.2) is 5.78 Å². The van der Waals surface area contributed by atoms with E-state index in [9.17, 15) is 14.4 Å². The number of hydrogen-bond acceptors (Lipinski definition) is 6. The van der Waals surface area contributed by atoms with Gasteiger partial charge in [-0.05, 0) is 48.4 Å². The Bertz CT molecular complexity index is 911. The van der Waals surface area contributed by atoms with Crippen LogP contribution in [0.2, 0.25) is 0 Å². The zero-order valence-electron chi connectivity index (χ0n) is 16.8. The van der Waals surface area contributed by atoms with Crippen LogP contribution in [0.4, 0.5) is 0 Å². The van der Waals surface area contributed by atoms with Gasteiger partial charge in [-0.2, -0.15) is 0 Å². The number of likely N-dealkylation sites (tertiary alicyclic amines) is 1. The molecule has 2 unspecified atom stereocenters. The third kappa shape index (κ3) is 4.46. The van der Waals surface area contributed by atoms with Gasteiger partial charge in [0.05, 0.1) is 6.04 Å². The molecule has 1 aliphatic heterocycles. The molecule has 30 heavy (non-hydrogen) atoms. The summed E-state index contributed by atoms with van der Waals surface area (Å²) in [6, 6.07) is 9.32. The number of rotatable bonds is 10. The highest BCUT2D eigenvalue weighted by Gasteiger charge is 2.51. The fourth-order valence-electron chi connectivity index (χ4n) is 3.59. The lowest BCUT2D eigenvalue weighted by Gasteiger charge is -2.27. The Hall–Kier alpha value is -3.32. The first-order chi connectivity index (χ1) is 14.6. The van der Waals surface area contributed by atoms with Crippen LogP contribution in [0.5, 0.6) is 5.75 Å². The van der Waals surface area contributed by atoms with E-state index in [4.69, 9.17) is 9.47 Å². The van der Waals surface area contributed by atoms with Crippen molar-refractivity contribution < 1.29 is 23.9 Å². The van der Waals surface area contributed by atoms with E-state index in [1.54, 1.807) is 62.0 Å². The van der Waals surface area contributed by atoms with Crippen molar-refractivity contribution in [3.63, 3.8) is 0 Å². The molecule has 3 rings (SSSR count). The van der Waals surface area contributed by atoms with Crippen LogP contribution in [-0.4, -0.2) is 54.2 Å². The molecule has 1 aliphatic rings. The predicted molar refractivity (Wildman–Crippen MR) is 110 cm³/mol. The molecule has 2 heterocycles. The van der Waals surface area contributed by atoms with Crippen molar-refractivity contribution in [3.05, 3.63) is 72.6 Å². The van der Waals surface area contributed by atoms with Crippen LogP contribution in [0.1, 0.15) is 28.4 Å². The van der Waals surface area contributed by atoms with Gasteiger partial charge in [0.25, 0.3) is 5.91 Å². The van der Waals surface area contributed by atoms with Crippen molar-refractivity contribution in [2.45, 2.75) is 12.5 Å². The van der Waals surface area contributed by atoms with Crippen molar-refractivity contribution in [1.29, 1.82) is 0 Å². The van der Waals surface area contributed by atoms with Crippen LogP contribution >= 0.6 is 0 Å². The normalized spacial score (nSPS) is 18.5. The Labute approximate surface area is 175 Å². The quantitative estimate of drug-likeness (QED) is 0.198. The summed E-state index contributed by atoms with van der Waals surface area (Å²) in [5.74, 6) is -2.24. The molecular weight excluding hydrogens is 384 g/mol. The van der Waals surface area contributed by atoms with E-state index in [0.717, 1.165) is 0 Å². The van der Waals surface area contributed by atoms with E-state index in [1.165, 1.54) is 4.90 Å². The number of ether oxygens (including phenoxy) is 2. The van der Waals surface area contributed by atoms with E-state index in [2.05, 4.69) is 11.6 Å². The second-order valence-electron chi connectivity index (χ2n) is 6.90. The Morgan fingerprint density at radius 3 is 2.50 bits per heavy atom. The molecule has 1 aromatic carbocycles. The van der Waals surface area contributed by atoms with E-state index in [0.29, 0.717) is 43.1 Å². The van der Waals surface area contributed by atoms with Crippen LogP contribution < -0.4 is 4.74 Å². The minimum atomic E-state index is -1.11. The minimum Gasteiger partial charge on any atom is -0.490 e. The molecule has 0 bridgehead atoms. The summed E-state index contributed by atoms with van der Waals surface area (Å²) in [4.78, 5) is 44.4. The van der Waals surface area contributed by atoms with E-state index in [1.807, 2.05) is 0 Å². The first-order valence-electron chi connectivity index (χ1n) is 9.70. The molecule has 0 saturated carbocycles. The average molecular weight is 408 g/mol. The van der Waals surface area contributed by atoms with Gasteiger partial charge in [-0.15, -0.1) is 0 Å². The second-order valence-corrected chi connectivity index (χ2v) is 6.90. The van der Waals surface area contributed by atoms with Gasteiger partial charge in [0.2, 0.25) is 5.78 Å². The Morgan fingerprint density at radius 1 is 1.17 bits per heavy atom. The molecule has 0 radical (unpaired) electrons. The SMILES string of the molecule is C=CCOc1ccc(C(=O)C2C(=O)C(=O)N(CCCOC)C2c2ccncc2)cc1. The monoisotopic (exact) mass is 408 g/mol. The maximum atomic E-state index is 13.3. The first-order valence-corrected chi connectivity index (χ1v) is 9.70. The number of nitrogens with zero attached hydrogens (tertiary/aromatic N) is 2. The number of aromatic nitrogens is 1. The average Bonchev–Trinajstić information content (AvgIpc) is 3.03. The fraction of sp³-hybridized carbons (Fsp3) is 0.304. The molecule has 1 saturated heterocycles. The highest BCUT2D eigenvalue weighted by atomic mass is 16.5. The van der Waals surface area contributed by atoms with Gasteiger partial charge >= 0.3 is 0 Å². The van der Waals surface area contributed by atoms with Gasteiger partial charge < -0.3 is 14.4 Å². The predicted octanol–water partition coefficient (Wildman–Crippen LogP) is 2.63. The number of amides is 1. The molecule has 0 aliphatic carbocycles. The highest BCUT2D eigenvalue weighted by Crippen LogP contribution is 2.38. The van der Waals surface area contributed by atoms with E-state index in [-0.39, 0.29) is 5.78 Å². The minimum absolute atomic E-state index is 0.323. The molecule has 0 N–H and O–H groups in total. The van der Waals surface area contributed by atoms with Crippen LogP contribution in [0.25, 0.3) is 0 Å². The van der Waals surface area contributed by atoms with Gasteiger partial charge in [0.1, 0.15) is 18.3 Å². The van der Waals surface area contributed by atoms with Gasteiger partial charge in [-0.3, -0.25) is 19.4 Å². The van der Waals surface area contributed by atoms with Crippen molar-refractivity contribution in [1.82, 2.24) is 9.88 Å². The van der Waals surface area contributed by atoms with E-state index < -0.39 is 23.7 Å². The lowest BCUT2D eigenvalue weighted by molar-refractivity contribution is -0.140. The number of methoxy groups -OCH3 is 1. The second kappa shape index (κ2) is 9.93. The summed E-state index contributed by atoms with van der Waals surface area (Å²) in [7, 11) is 1.58. The summed E-state index contributed by atoms with van der Waals surface area (Å²) in [5.41, 5.74) is 1.05. The fourth-order valence-corrected chi connectivity index (χ4v) is 3.59. The molecule has 2 atom stereocenters. The maximum absolute atomic E-state index is 13.3. The molecule has 0 spiro atoms. The van der Waals surface area contributed by atoms with Crippen molar-refractivity contribution in [2.75, 3.05) is 26.9 Å². The summed E-state index contributed by atoms with van der Waals surface area (Å²) < 4.78 is 10.5. The van der Waals surface area contributed by atoms with Crippen molar-refractivity contribution in [2.24, 2.45) is 5.92 Å². The standard InChI is InChI=1S/C23H24N2O5/c1-3-14-30-18-7-5-17(6-8-18)21(26)19-20(16-9-11-24-12-10-16)25(13-4-15-29-2)23(28)22(19)27/h3,5-12,19-20H,1,4,13-15H2,2H3. The molecular formula is C23H24N2O5. The third-order valence-corrected chi connectivity index (χ3v) is 4.99. The van der Waals surface area contributed by atoms with Crippen LogP contribution in [0.3, 0.4) is 0 Å². The molecule has 1 aromatic heterocycles. The molecule has 2 aromatic rings. The number of benzene rings is 1. The molecule has 1 fully saturated rings. The number of carbonyl (C=O) groups excluding carboxylic acids is 3. The van der Waals surface area contributed by atoms with Gasteiger partial charge in [0, 0.05) is 38.2 Å². The number of carbonyl (C=O) groups is 3. The molecule has 1 amide bonds. The number of Topliss-reactive ketones (excluding diaryl/α,β-unsaturated/α-hetero) is 2. The lowest BCUT2D eigenvalue weighted by Crippen LogP contribution is -2.32. The Morgan fingerprint density at radius 2 is 1.87 bits per heavy atom. The number of pyridine rings is 1. The topological polar surface area (TPSA) is 85.8 Å². The smallest absolute Gasteiger partial charge is 0.291 e. The van der Waals surface area contributed by atoms with Crippen molar-refractivity contribution >= 4 is 17.5 Å².